The summed E-state index contributed by atoms with van der Waals surface area (Å²) < 4.78 is 116. The first-order chi connectivity index (χ1) is 61.5. The lowest BCUT2D eigenvalue weighted by Gasteiger charge is -2.71. The van der Waals surface area contributed by atoms with Crippen LogP contribution < -0.4 is 14.2 Å². The van der Waals surface area contributed by atoms with Gasteiger partial charge >= 0.3 is 29.8 Å². The first kappa shape index (κ1) is 103. The van der Waals surface area contributed by atoms with E-state index in [0.717, 1.165) is 13.0 Å². The summed E-state index contributed by atoms with van der Waals surface area (Å²) in [5, 5.41) is 226. The summed E-state index contributed by atoms with van der Waals surface area (Å²) in [5.41, 5.74) is -11.0. The minimum atomic E-state index is -2.61. The number of ether oxygens (including phenoxy) is 19. The molecular formula is C87H130O44. The van der Waals surface area contributed by atoms with Crippen molar-refractivity contribution in [2.45, 2.75) is 341 Å². The molecular weight excluding hydrogens is 1750 g/mol. The van der Waals surface area contributed by atoms with Crippen molar-refractivity contribution in [2.75, 3.05) is 61.0 Å². The van der Waals surface area contributed by atoms with Crippen LogP contribution in [0.1, 0.15) is 139 Å². The SMILES string of the molecule is COc1cc(C=CC(=O)OC2C(C)OC(OC(=O)C34CCC(C)(C)CC3C3=CCC5C6(C)CC(O)C(OC7OC(CO)C(O)C(O)C7O)C(C)(C(=O)O)C6CCC5(C)C3(CO)CC4)C(OC3OC(C)C(OC4OCC(O)C(OC5OC(CO)C(O)C5O)C4O)C(OC4OCC(O)(COC(=O)CC(C)(O)CC(=O)O)C4O)C3O)C2OC2OC(C)C(O)C(O)C2O)cc(OC)c1OC. The summed E-state index contributed by atoms with van der Waals surface area (Å²) in [6.45, 7) is 9.66. The number of esters is 3. The number of carbonyl (C=O) groups excluding carboxylic acids is 3. The van der Waals surface area contributed by atoms with Crippen LogP contribution in [0.2, 0.25) is 0 Å². The Labute approximate surface area is 753 Å². The Kier molecular flexibility index (Phi) is 31.0. The second kappa shape index (κ2) is 39.6. The van der Waals surface area contributed by atoms with Gasteiger partial charge in [0, 0.05) is 11.5 Å². The third-order valence-electron chi connectivity index (χ3n) is 30.2. The molecule has 7 aliphatic heterocycles. The number of rotatable bonds is 30. The van der Waals surface area contributed by atoms with E-state index < -0.39 is 340 Å². The molecule has 5 aliphatic carbocycles. The molecule has 11 fully saturated rings. The number of aliphatic hydroxyl groups excluding tert-OH is 16. The average Bonchev–Trinajstić information content (AvgIpc) is 0.802. The first-order valence-corrected chi connectivity index (χ1v) is 44.3. The Morgan fingerprint density at radius 3 is 1.71 bits per heavy atom. The van der Waals surface area contributed by atoms with Gasteiger partial charge in [0.05, 0.1) is 108 Å². The van der Waals surface area contributed by atoms with E-state index in [-0.39, 0.29) is 68.6 Å². The molecule has 0 radical (unpaired) electrons. The zero-order chi connectivity index (χ0) is 96.0. The topological polar surface area (TPSA) is 665 Å². The fraction of sp³-hybridized carbons (Fsp3) is 0.828. The van der Waals surface area contributed by atoms with Crippen LogP contribution in [0.5, 0.6) is 17.2 Å². The van der Waals surface area contributed by atoms with Crippen molar-refractivity contribution in [2.24, 2.45) is 50.2 Å². The normalized spacial score (nSPS) is 46.7. The van der Waals surface area contributed by atoms with E-state index in [2.05, 4.69) is 0 Å². The highest BCUT2D eigenvalue weighted by atomic mass is 16.8. The summed E-state index contributed by atoms with van der Waals surface area (Å²) in [7, 11) is 4.11. The predicted molar refractivity (Wildman–Crippen MR) is 434 cm³/mol. The maximum absolute atomic E-state index is 16.8. The molecule has 131 heavy (non-hydrogen) atoms. The molecule has 0 aromatic heterocycles. The number of hydrogen-bond acceptors (Lipinski definition) is 42. The van der Waals surface area contributed by atoms with Crippen molar-refractivity contribution in [3.8, 4) is 17.2 Å². The van der Waals surface area contributed by atoms with Gasteiger partial charge in [-0.1, -0.05) is 39.3 Å². The van der Waals surface area contributed by atoms with E-state index in [1.165, 1.54) is 67.2 Å². The van der Waals surface area contributed by atoms with Crippen LogP contribution >= 0.6 is 0 Å². The van der Waals surface area contributed by atoms with E-state index >= 15 is 4.79 Å². The first-order valence-electron chi connectivity index (χ1n) is 44.3. The fourth-order valence-corrected chi connectivity index (χ4v) is 22.9. The summed E-state index contributed by atoms with van der Waals surface area (Å²) >= 11 is 0. The minimum absolute atomic E-state index is 0.0113. The molecule has 0 amide bonds. The molecule has 12 aliphatic rings. The quantitative estimate of drug-likeness (QED) is 0.0114. The molecule has 20 N–H and O–H groups in total. The predicted octanol–water partition coefficient (Wildman–Crippen LogP) is -4.10. The lowest BCUT2D eigenvalue weighted by molar-refractivity contribution is -0.398. The number of allylic oxidation sites excluding steroid dienone is 1. The van der Waals surface area contributed by atoms with Crippen molar-refractivity contribution < 1.29 is 216 Å². The van der Waals surface area contributed by atoms with Gasteiger partial charge in [0.15, 0.2) is 67.0 Å². The molecule has 7 heterocycles. The lowest BCUT2D eigenvalue weighted by Crippen LogP contribution is -2.71. The molecule has 13 rings (SSSR count). The highest BCUT2D eigenvalue weighted by Gasteiger charge is 2.75. The Morgan fingerprint density at radius 1 is 0.542 bits per heavy atom. The molecule has 7 saturated heterocycles. The monoisotopic (exact) mass is 1880 g/mol. The van der Waals surface area contributed by atoms with E-state index in [1.54, 1.807) is 0 Å². The lowest BCUT2D eigenvalue weighted by atomic mass is 9.33. The summed E-state index contributed by atoms with van der Waals surface area (Å²) in [6.07, 6.45) is -56.3. The standard InChI is InChI=1S/C87H130O44/c1-35-52(97)55(100)58(103)72(119-35)128-67-63(124-50(95)16-13-38-23-43(113-10)65(115-12)44(24-38)114-11)37(3)121-76(68(67)129-75-61(106)66(127-77-69(107)87(112,34-118-77)33-117-51(96)28-81(6,111)27-49(93)94)62(36(2)120-75)125-71-60(105)64(42(92)31-116-71)126-73-57(102)54(99)46(30-89)122-73)131-79(110)85-20-19-80(4,5)25-40(85)39-14-15-47-82(7)26-41(91)70(130-74-59(104)56(101)53(98)45(29-88)123-74)84(9,78(108)109)48(82)17-18-83(47,8)86(39,32-90)22-21-85/h13-14,16,23-24,35-37,40-42,45-48,52-64,66-77,88-92,97-107,111-112H,15,17-22,25-34H2,1-12H3,(H,93,94)(H,108,109). The molecule has 1 aromatic rings. The smallest absolute Gasteiger partial charge is 0.331 e. The average molecular weight is 1880 g/mol. The van der Waals surface area contributed by atoms with E-state index in [9.17, 15) is 121 Å². The van der Waals surface area contributed by atoms with E-state index in [0.29, 0.717) is 17.6 Å². The number of aliphatic carboxylic acids is 2. The number of benzene rings is 1. The van der Waals surface area contributed by atoms with Crippen molar-refractivity contribution >= 4 is 35.9 Å². The van der Waals surface area contributed by atoms with Crippen LogP contribution in [0, 0.1) is 50.2 Å². The maximum atomic E-state index is 16.8. The van der Waals surface area contributed by atoms with Crippen molar-refractivity contribution in [1.82, 2.24) is 0 Å². The molecule has 742 valence electrons. The molecule has 42 atom stereocenters. The number of carboxylic acid groups (broad SMARTS) is 2. The second-order valence-electron chi connectivity index (χ2n) is 39.2. The molecule has 0 bridgehead atoms. The molecule has 44 nitrogen and oxygen atoms in total. The molecule has 44 heteroatoms. The number of aliphatic hydroxyl groups is 18. The number of carboxylic acids is 2. The molecule has 4 saturated carbocycles. The Balaban J connectivity index is 0.877. The zero-order valence-corrected chi connectivity index (χ0v) is 74.9. The third kappa shape index (κ3) is 19.2. The van der Waals surface area contributed by atoms with Gasteiger partial charge in [-0.3, -0.25) is 19.2 Å². The Bertz CT molecular complexity index is 4200. The number of fused-ring (bicyclic) bond motifs is 7. The van der Waals surface area contributed by atoms with Crippen LogP contribution in [-0.2, 0) is 99.8 Å². The van der Waals surface area contributed by atoms with Crippen molar-refractivity contribution in [1.29, 1.82) is 0 Å². The van der Waals surface area contributed by atoms with Crippen LogP contribution in [0.3, 0.4) is 0 Å². The van der Waals surface area contributed by atoms with Crippen molar-refractivity contribution in [3.63, 3.8) is 0 Å². The van der Waals surface area contributed by atoms with Crippen LogP contribution in [0.15, 0.2) is 29.9 Å². The van der Waals surface area contributed by atoms with E-state index in [4.69, 9.17) is 90.0 Å². The molecule has 1 aromatic carbocycles. The molecule has 42 unspecified atom stereocenters. The highest BCUT2D eigenvalue weighted by Crippen LogP contribution is 2.76. The summed E-state index contributed by atoms with van der Waals surface area (Å²) in [5.74, 6) is -7.67. The van der Waals surface area contributed by atoms with Crippen LogP contribution in [-0.4, -0.2) is 401 Å². The number of carbonyl (C=O) groups is 5. The Morgan fingerprint density at radius 2 is 1.09 bits per heavy atom. The largest absolute Gasteiger partial charge is 0.493 e. The maximum Gasteiger partial charge on any atom is 0.331 e. The van der Waals surface area contributed by atoms with E-state index in [1.807, 2.05) is 33.8 Å². The van der Waals surface area contributed by atoms with Gasteiger partial charge in [0.1, 0.15) is 123 Å². The summed E-state index contributed by atoms with van der Waals surface area (Å²) in [4.78, 5) is 70.5. The van der Waals surface area contributed by atoms with Gasteiger partial charge in [-0.25, -0.2) is 4.79 Å². The van der Waals surface area contributed by atoms with Crippen LogP contribution in [0.4, 0.5) is 0 Å². The number of methoxy groups -OCH3 is 3. The van der Waals surface area contributed by atoms with Crippen LogP contribution in [0.25, 0.3) is 6.08 Å². The summed E-state index contributed by atoms with van der Waals surface area (Å²) in [6, 6.07) is 3.01. The van der Waals surface area contributed by atoms with Gasteiger partial charge in [-0.15, -0.1) is 0 Å². The van der Waals surface area contributed by atoms with Gasteiger partial charge in [0.2, 0.25) is 12.0 Å². The number of hydrogen-bond donors (Lipinski definition) is 20. The van der Waals surface area contributed by atoms with Gasteiger partial charge in [-0.05, 0) is 150 Å². The van der Waals surface area contributed by atoms with Crippen molar-refractivity contribution in [3.05, 3.63) is 35.4 Å². The third-order valence-corrected chi connectivity index (χ3v) is 30.2. The van der Waals surface area contributed by atoms with Gasteiger partial charge in [-0.2, -0.15) is 0 Å². The fourth-order valence-electron chi connectivity index (χ4n) is 22.9. The second-order valence-corrected chi connectivity index (χ2v) is 39.2. The molecule has 0 spiro atoms. The Hall–Kier alpha value is -5.79. The minimum Gasteiger partial charge on any atom is -0.493 e. The highest BCUT2D eigenvalue weighted by molar-refractivity contribution is 5.87. The van der Waals surface area contributed by atoms with Gasteiger partial charge < -0.3 is 192 Å². The zero-order valence-electron chi connectivity index (χ0n) is 74.9. The van der Waals surface area contributed by atoms with Gasteiger partial charge in [0.25, 0.3) is 0 Å².